The minimum absolute atomic E-state index is 0.0133. The van der Waals surface area contributed by atoms with Crippen LogP contribution >= 0.6 is 11.6 Å². The van der Waals surface area contributed by atoms with Crippen LogP contribution in [0.25, 0.3) is 0 Å². The molecular formula is C23H31ClN4O4S. The van der Waals surface area contributed by atoms with Crippen molar-refractivity contribution in [3.8, 4) is 0 Å². The first kappa shape index (κ1) is 22.8. The lowest BCUT2D eigenvalue weighted by Crippen LogP contribution is -2.53. The summed E-state index contributed by atoms with van der Waals surface area (Å²) < 4.78 is 27.1. The summed E-state index contributed by atoms with van der Waals surface area (Å²) in [6.07, 6.45) is 9.43. The summed E-state index contributed by atoms with van der Waals surface area (Å²) in [7, 11) is -3.97. The van der Waals surface area contributed by atoms with Crippen molar-refractivity contribution in [1.82, 2.24) is 14.1 Å². The number of benzene rings is 1. The molecule has 1 N–H and O–H groups in total. The molecule has 1 aromatic carbocycles. The quantitative estimate of drug-likeness (QED) is 0.667. The molecule has 3 fully saturated rings. The van der Waals surface area contributed by atoms with E-state index in [-0.39, 0.29) is 29.1 Å². The Bertz CT molecular complexity index is 1030. The number of fused-ring (bicyclic) bond motifs is 1. The second-order valence-electron chi connectivity index (χ2n) is 9.75. The van der Waals surface area contributed by atoms with E-state index in [1.54, 1.807) is 6.07 Å². The smallest absolute Gasteiger partial charge is 0.325 e. The van der Waals surface area contributed by atoms with Gasteiger partial charge in [-0.15, -0.1) is 0 Å². The number of piperidine rings is 1. The van der Waals surface area contributed by atoms with Crippen LogP contribution in [0.5, 0.6) is 0 Å². The van der Waals surface area contributed by atoms with Crippen molar-refractivity contribution in [1.29, 1.82) is 0 Å². The topological polar surface area (TPSA) is 90.0 Å². The first-order valence-electron chi connectivity index (χ1n) is 12.0. The number of carbonyl (C=O) groups is 2. The zero-order chi connectivity index (χ0) is 23.2. The molecule has 4 amide bonds. The average Bonchev–Trinajstić information content (AvgIpc) is 3.64. The van der Waals surface area contributed by atoms with Crippen molar-refractivity contribution < 1.29 is 18.0 Å². The predicted molar refractivity (Wildman–Crippen MR) is 126 cm³/mol. The number of hydrogen-bond donors (Lipinski definition) is 1. The van der Waals surface area contributed by atoms with E-state index in [4.69, 9.17) is 11.6 Å². The van der Waals surface area contributed by atoms with Crippen LogP contribution in [0.3, 0.4) is 0 Å². The molecule has 4 aliphatic rings. The number of urea groups is 2. The van der Waals surface area contributed by atoms with Crippen molar-refractivity contribution in [2.45, 2.75) is 74.8 Å². The fraction of sp³-hybridized carbons (Fsp3) is 0.652. The summed E-state index contributed by atoms with van der Waals surface area (Å²) in [4.78, 5) is 30.1. The molecule has 0 spiro atoms. The molecule has 2 heterocycles. The van der Waals surface area contributed by atoms with Crippen molar-refractivity contribution in [2.75, 3.05) is 25.0 Å². The van der Waals surface area contributed by atoms with Gasteiger partial charge in [-0.25, -0.2) is 22.3 Å². The van der Waals surface area contributed by atoms with Gasteiger partial charge in [-0.3, -0.25) is 0 Å². The van der Waals surface area contributed by atoms with Gasteiger partial charge in [-0.05, 0) is 62.6 Å². The van der Waals surface area contributed by atoms with Crippen LogP contribution in [0.15, 0.2) is 23.1 Å². The molecule has 180 valence electrons. The highest BCUT2D eigenvalue weighted by Gasteiger charge is 2.42. The number of rotatable bonds is 4. The van der Waals surface area contributed by atoms with Gasteiger partial charge >= 0.3 is 12.1 Å². The highest BCUT2D eigenvalue weighted by molar-refractivity contribution is 7.90. The Kier molecular flexibility index (Phi) is 6.20. The molecule has 10 heteroatoms. The Balaban J connectivity index is 1.22. The summed E-state index contributed by atoms with van der Waals surface area (Å²) in [5, 5.41) is 2.96. The first-order chi connectivity index (χ1) is 15.8. The van der Waals surface area contributed by atoms with E-state index in [1.165, 1.54) is 31.4 Å². The third-order valence-corrected chi connectivity index (χ3v) is 9.44. The Morgan fingerprint density at radius 3 is 2.36 bits per heavy atom. The van der Waals surface area contributed by atoms with Crippen molar-refractivity contribution in [3.63, 3.8) is 0 Å². The number of likely N-dealkylation sites (tertiary alicyclic amines) is 1. The van der Waals surface area contributed by atoms with Crippen molar-refractivity contribution >= 4 is 39.4 Å². The van der Waals surface area contributed by atoms with Gasteiger partial charge < -0.3 is 15.1 Å². The molecule has 5 rings (SSSR count). The lowest BCUT2D eigenvalue weighted by Gasteiger charge is -2.41. The third kappa shape index (κ3) is 4.54. The Morgan fingerprint density at radius 1 is 1.03 bits per heavy atom. The second-order valence-corrected chi connectivity index (χ2v) is 12.0. The molecule has 33 heavy (non-hydrogen) atoms. The summed E-state index contributed by atoms with van der Waals surface area (Å²) >= 11 is 6.00. The summed E-state index contributed by atoms with van der Waals surface area (Å²) in [5.74, 6) is 0.0133. The van der Waals surface area contributed by atoms with Crippen LogP contribution in [-0.2, 0) is 10.0 Å². The average molecular weight is 495 g/mol. The molecule has 2 aliphatic heterocycles. The maximum Gasteiger partial charge on any atom is 0.335 e. The Morgan fingerprint density at radius 2 is 1.70 bits per heavy atom. The summed E-state index contributed by atoms with van der Waals surface area (Å²) in [6, 6.07) is 4.70. The van der Waals surface area contributed by atoms with E-state index in [0.29, 0.717) is 43.0 Å². The van der Waals surface area contributed by atoms with Gasteiger partial charge in [0.2, 0.25) is 0 Å². The van der Waals surface area contributed by atoms with Crippen LogP contribution in [0.1, 0.15) is 57.8 Å². The van der Waals surface area contributed by atoms with Crippen LogP contribution in [0.4, 0.5) is 15.3 Å². The maximum atomic E-state index is 13.4. The largest absolute Gasteiger partial charge is 0.335 e. The number of anilines is 1. The van der Waals surface area contributed by atoms with Gasteiger partial charge in [0.05, 0.1) is 5.69 Å². The SMILES string of the molecule is O=C(N1CCC(CN2C(=O)Nc3ccc(Cl)cc3S2(=O)=O)CC1)N(C1CCCCC1)C1CC1. The maximum absolute atomic E-state index is 13.4. The van der Waals surface area contributed by atoms with Gasteiger partial charge in [0.25, 0.3) is 10.0 Å². The van der Waals surface area contributed by atoms with Crippen molar-refractivity contribution in [2.24, 2.45) is 5.92 Å². The van der Waals surface area contributed by atoms with Crippen molar-refractivity contribution in [3.05, 3.63) is 23.2 Å². The van der Waals surface area contributed by atoms with Gasteiger partial charge in [0.1, 0.15) is 4.90 Å². The van der Waals surface area contributed by atoms with Gasteiger partial charge in [0.15, 0.2) is 0 Å². The standard InChI is InChI=1S/C23H31ClN4O4S/c24-17-6-9-20-21(14-17)33(31,32)27(22(29)25-20)15-16-10-12-26(13-11-16)23(30)28(19-7-8-19)18-4-2-1-3-5-18/h6,9,14,16,18-19H,1-5,7-8,10-13,15H2,(H,25,29). The van der Waals surface area contributed by atoms with E-state index in [9.17, 15) is 18.0 Å². The number of nitrogens with one attached hydrogen (secondary N) is 1. The number of nitrogens with zero attached hydrogens (tertiary/aromatic N) is 3. The van der Waals surface area contributed by atoms with E-state index in [1.807, 2.05) is 4.90 Å². The van der Waals surface area contributed by atoms with E-state index in [0.717, 1.165) is 30.0 Å². The minimum atomic E-state index is -3.97. The normalized spacial score (nSPS) is 23.7. The molecule has 8 nitrogen and oxygen atoms in total. The highest BCUT2D eigenvalue weighted by Crippen LogP contribution is 2.36. The lowest BCUT2D eigenvalue weighted by atomic mass is 9.93. The molecule has 0 bridgehead atoms. The second kappa shape index (κ2) is 8.98. The van der Waals surface area contributed by atoms with Crippen LogP contribution < -0.4 is 5.32 Å². The molecule has 1 saturated heterocycles. The van der Waals surface area contributed by atoms with Crippen LogP contribution in [-0.4, -0.2) is 66.3 Å². The molecule has 1 aromatic rings. The third-order valence-electron chi connectivity index (χ3n) is 7.42. The highest BCUT2D eigenvalue weighted by atomic mass is 35.5. The summed E-state index contributed by atoms with van der Waals surface area (Å²) in [5.41, 5.74) is 0.254. The number of hydrogen-bond acceptors (Lipinski definition) is 4. The van der Waals surface area contributed by atoms with E-state index in [2.05, 4.69) is 10.2 Å². The molecule has 2 saturated carbocycles. The number of carbonyl (C=O) groups excluding carboxylic acids is 2. The fourth-order valence-electron chi connectivity index (χ4n) is 5.43. The molecular weight excluding hydrogens is 464 g/mol. The fourth-order valence-corrected chi connectivity index (χ4v) is 7.24. The molecule has 2 aliphatic carbocycles. The van der Waals surface area contributed by atoms with Crippen LogP contribution in [0.2, 0.25) is 5.02 Å². The lowest BCUT2D eigenvalue weighted by molar-refractivity contribution is 0.0994. The number of amides is 4. The number of sulfonamides is 1. The Labute approximate surface area is 200 Å². The Hall–Kier alpha value is -2.00. The minimum Gasteiger partial charge on any atom is -0.325 e. The zero-order valence-corrected chi connectivity index (χ0v) is 20.3. The molecule has 0 radical (unpaired) electrons. The van der Waals surface area contributed by atoms with E-state index < -0.39 is 16.1 Å². The zero-order valence-electron chi connectivity index (χ0n) is 18.7. The van der Waals surface area contributed by atoms with E-state index >= 15 is 0 Å². The van der Waals surface area contributed by atoms with Gasteiger partial charge in [-0.2, -0.15) is 0 Å². The summed E-state index contributed by atoms with van der Waals surface area (Å²) in [6.45, 7) is 1.30. The van der Waals surface area contributed by atoms with Crippen LogP contribution in [0, 0.1) is 5.92 Å². The molecule has 0 unspecified atom stereocenters. The number of halogens is 1. The van der Waals surface area contributed by atoms with Gasteiger partial charge in [0, 0.05) is 36.7 Å². The monoisotopic (exact) mass is 494 g/mol. The molecule has 0 atom stereocenters. The predicted octanol–water partition coefficient (Wildman–Crippen LogP) is 4.51. The van der Waals surface area contributed by atoms with Gasteiger partial charge in [-0.1, -0.05) is 30.9 Å². The first-order valence-corrected chi connectivity index (χ1v) is 13.9. The molecule has 0 aromatic heterocycles.